The van der Waals surface area contributed by atoms with Crippen molar-refractivity contribution in [2.45, 2.75) is 51.6 Å². The van der Waals surface area contributed by atoms with E-state index in [9.17, 15) is 9.59 Å². The van der Waals surface area contributed by atoms with Gasteiger partial charge in [0.2, 0.25) is 0 Å². The molecular weight excluding hydrogens is 264 g/mol. The van der Waals surface area contributed by atoms with Crippen molar-refractivity contribution < 1.29 is 14.3 Å². The van der Waals surface area contributed by atoms with Gasteiger partial charge in [0.1, 0.15) is 11.7 Å². The van der Waals surface area contributed by atoms with Gasteiger partial charge in [-0.3, -0.25) is 4.79 Å². The highest BCUT2D eigenvalue weighted by atomic mass is 16.5. The summed E-state index contributed by atoms with van der Waals surface area (Å²) in [6.07, 6.45) is 7.47. The molecule has 3 heteroatoms. The van der Waals surface area contributed by atoms with Gasteiger partial charge in [0.25, 0.3) is 0 Å². The average Bonchev–Trinajstić information content (AvgIpc) is 2.53. The van der Waals surface area contributed by atoms with E-state index in [1.807, 2.05) is 13.0 Å². The molecule has 1 aromatic carbocycles. The molecule has 0 radical (unpaired) electrons. The third-order valence-electron chi connectivity index (χ3n) is 3.73. The zero-order chi connectivity index (χ0) is 15.1. The monoisotopic (exact) mass is 286 g/mol. The zero-order valence-corrected chi connectivity index (χ0v) is 12.5. The predicted octanol–water partition coefficient (Wildman–Crippen LogP) is 4.08. The van der Waals surface area contributed by atoms with Crippen LogP contribution in [-0.4, -0.2) is 17.9 Å². The lowest BCUT2D eigenvalue weighted by atomic mass is 9.97. The van der Waals surface area contributed by atoms with Crippen LogP contribution in [0, 0.1) is 0 Å². The van der Waals surface area contributed by atoms with E-state index in [4.69, 9.17) is 4.74 Å². The second kappa shape index (κ2) is 7.77. The van der Waals surface area contributed by atoms with E-state index in [-0.39, 0.29) is 17.5 Å². The van der Waals surface area contributed by atoms with Crippen LogP contribution in [0.15, 0.2) is 42.0 Å². The number of carbonyl (C=O) groups is 2. The molecule has 0 saturated heterocycles. The highest BCUT2D eigenvalue weighted by Gasteiger charge is 2.24. The van der Waals surface area contributed by atoms with Crippen LogP contribution in [0.3, 0.4) is 0 Å². The number of Topliss-reactive ketones (excluding diaryl/α,β-unsaturated/α-hetero) is 1. The minimum Gasteiger partial charge on any atom is -0.459 e. The molecule has 0 bridgehead atoms. The Hall–Kier alpha value is -1.90. The summed E-state index contributed by atoms with van der Waals surface area (Å²) in [6, 6.07) is 8.88. The lowest BCUT2D eigenvalue weighted by Gasteiger charge is -2.22. The third kappa shape index (κ3) is 4.28. The standard InChI is InChI=1S/C18H22O3/c1-2-9-16(17(19)14-10-5-3-6-11-14)18(20)21-15-12-7-4-8-13-15/h3,5-6,9-11,15H,2,4,7-8,12-13H2,1H3. The SMILES string of the molecule is CCC=C(C(=O)OC1CCCCC1)C(=O)c1ccccc1. The molecule has 21 heavy (non-hydrogen) atoms. The molecule has 0 aliphatic heterocycles. The van der Waals surface area contributed by atoms with Crippen LogP contribution >= 0.6 is 0 Å². The Bertz CT molecular complexity index is 511. The van der Waals surface area contributed by atoms with Gasteiger partial charge in [-0.1, -0.05) is 49.8 Å². The first-order valence-corrected chi connectivity index (χ1v) is 7.73. The Morgan fingerprint density at radius 1 is 1.14 bits per heavy atom. The number of carbonyl (C=O) groups excluding carboxylic acids is 2. The van der Waals surface area contributed by atoms with Gasteiger partial charge < -0.3 is 4.74 Å². The minimum absolute atomic E-state index is 0.0323. The molecule has 0 aromatic heterocycles. The first-order chi connectivity index (χ1) is 10.2. The number of hydrogen-bond donors (Lipinski definition) is 0. The van der Waals surface area contributed by atoms with Crippen molar-refractivity contribution in [3.8, 4) is 0 Å². The van der Waals surface area contributed by atoms with Crippen LogP contribution in [0.2, 0.25) is 0 Å². The second-order valence-corrected chi connectivity index (χ2v) is 5.39. The van der Waals surface area contributed by atoms with E-state index in [1.54, 1.807) is 30.3 Å². The van der Waals surface area contributed by atoms with E-state index in [0.717, 1.165) is 25.7 Å². The van der Waals surface area contributed by atoms with Crippen LogP contribution in [0.4, 0.5) is 0 Å². The molecule has 2 rings (SSSR count). The van der Waals surface area contributed by atoms with Gasteiger partial charge >= 0.3 is 5.97 Å². The quantitative estimate of drug-likeness (QED) is 0.269. The zero-order valence-electron chi connectivity index (χ0n) is 12.5. The lowest BCUT2D eigenvalue weighted by molar-refractivity contribution is -0.145. The van der Waals surface area contributed by atoms with Crippen molar-refractivity contribution >= 4 is 11.8 Å². The molecule has 1 aliphatic rings. The molecule has 0 atom stereocenters. The summed E-state index contributed by atoms with van der Waals surface area (Å²) in [7, 11) is 0. The van der Waals surface area contributed by atoms with Gasteiger partial charge in [-0.05, 0) is 32.1 Å². The minimum atomic E-state index is -0.474. The molecule has 112 valence electrons. The number of esters is 1. The fourth-order valence-electron chi connectivity index (χ4n) is 2.62. The van der Waals surface area contributed by atoms with Crippen LogP contribution in [0.1, 0.15) is 55.8 Å². The molecule has 0 heterocycles. The van der Waals surface area contributed by atoms with Crippen molar-refractivity contribution in [2.24, 2.45) is 0 Å². The molecule has 0 amide bonds. The molecule has 1 aromatic rings. The number of ether oxygens (including phenoxy) is 1. The van der Waals surface area contributed by atoms with E-state index in [1.165, 1.54) is 6.42 Å². The molecule has 3 nitrogen and oxygen atoms in total. The molecule has 1 aliphatic carbocycles. The molecule has 0 N–H and O–H groups in total. The Balaban J connectivity index is 2.09. The summed E-state index contributed by atoms with van der Waals surface area (Å²) < 4.78 is 5.52. The summed E-state index contributed by atoms with van der Waals surface area (Å²) in [5, 5.41) is 0. The van der Waals surface area contributed by atoms with Crippen LogP contribution in [0.25, 0.3) is 0 Å². The molecule has 0 spiro atoms. The number of benzene rings is 1. The molecule has 1 fully saturated rings. The van der Waals surface area contributed by atoms with Crippen molar-refractivity contribution in [3.05, 3.63) is 47.5 Å². The molecular formula is C18H22O3. The highest BCUT2D eigenvalue weighted by Crippen LogP contribution is 2.22. The normalized spacial score (nSPS) is 16.5. The summed E-state index contributed by atoms with van der Waals surface area (Å²) in [5.41, 5.74) is 0.687. The fourth-order valence-corrected chi connectivity index (χ4v) is 2.62. The van der Waals surface area contributed by atoms with Crippen molar-refractivity contribution in [1.29, 1.82) is 0 Å². The second-order valence-electron chi connectivity index (χ2n) is 5.39. The van der Waals surface area contributed by atoms with Gasteiger partial charge in [0.05, 0.1) is 0 Å². The van der Waals surface area contributed by atoms with Crippen LogP contribution in [0.5, 0.6) is 0 Å². The summed E-state index contributed by atoms with van der Waals surface area (Å²) in [6.45, 7) is 1.91. The Morgan fingerprint density at radius 3 is 2.43 bits per heavy atom. The number of allylic oxidation sites excluding steroid dienone is 1. The topological polar surface area (TPSA) is 43.4 Å². The van der Waals surface area contributed by atoms with Crippen LogP contribution in [-0.2, 0) is 9.53 Å². The fraction of sp³-hybridized carbons (Fsp3) is 0.444. The maximum Gasteiger partial charge on any atom is 0.342 e. The number of hydrogen-bond acceptors (Lipinski definition) is 3. The van der Waals surface area contributed by atoms with Crippen LogP contribution < -0.4 is 0 Å². The number of ketones is 1. The largest absolute Gasteiger partial charge is 0.459 e. The van der Waals surface area contributed by atoms with Crippen molar-refractivity contribution in [2.75, 3.05) is 0 Å². The van der Waals surface area contributed by atoms with Crippen molar-refractivity contribution in [1.82, 2.24) is 0 Å². The van der Waals surface area contributed by atoms with Crippen molar-refractivity contribution in [3.63, 3.8) is 0 Å². The van der Waals surface area contributed by atoms with E-state index in [0.29, 0.717) is 12.0 Å². The predicted molar refractivity (Wildman–Crippen MR) is 82.1 cm³/mol. The van der Waals surface area contributed by atoms with Gasteiger partial charge in [-0.25, -0.2) is 4.79 Å². The smallest absolute Gasteiger partial charge is 0.342 e. The van der Waals surface area contributed by atoms with E-state index < -0.39 is 5.97 Å². The van der Waals surface area contributed by atoms with Gasteiger partial charge in [-0.15, -0.1) is 0 Å². The number of rotatable bonds is 5. The maximum absolute atomic E-state index is 12.4. The lowest BCUT2D eigenvalue weighted by Crippen LogP contribution is -2.24. The first-order valence-electron chi connectivity index (χ1n) is 7.73. The average molecular weight is 286 g/mol. The van der Waals surface area contributed by atoms with Gasteiger partial charge in [0, 0.05) is 5.56 Å². The Morgan fingerprint density at radius 2 is 1.81 bits per heavy atom. The third-order valence-corrected chi connectivity index (χ3v) is 3.73. The van der Waals surface area contributed by atoms with Gasteiger partial charge in [0.15, 0.2) is 5.78 Å². The van der Waals surface area contributed by atoms with E-state index in [2.05, 4.69) is 0 Å². The summed E-state index contributed by atoms with van der Waals surface area (Å²) in [4.78, 5) is 24.8. The summed E-state index contributed by atoms with van der Waals surface area (Å²) >= 11 is 0. The Kier molecular flexibility index (Phi) is 5.73. The maximum atomic E-state index is 12.4. The highest BCUT2D eigenvalue weighted by molar-refractivity contribution is 6.24. The molecule has 1 saturated carbocycles. The first kappa shape index (κ1) is 15.5. The van der Waals surface area contributed by atoms with Gasteiger partial charge in [-0.2, -0.15) is 0 Å². The summed E-state index contributed by atoms with van der Waals surface area (Å²) in [5.74, 6) is -0.726. The van der Waals surface area contributed by atoms with E-state index >= 15 is 0 Å². The molecule has 0 unspecified atom stereocenters. The Labute approximate surface area is 126 Å².